The molecule has 2 aromatic rings. The van der Waals surface area contributed by atoms with Crippen molar-refractivity contribution in [1.29, 1.82) is 0 Å². The van der Waals surface area contributed by atoms with E-state index in [4.69, 9.17) is 11.6 Å². The number of benzene rings is 2. The van der Waals surface area contributed by atoms with Crippen LogP contribution < -0.4 is 5.32 Å². The highest BCUT2D eigenvalue weighted by atomic mass is 35.5. The molecule has 0 heterocycles. The summed E-state index contributed by atoms with van der Waals surface area (Å²) in [5.74, 6) is -0.213. The number of nitrogens with one attached hydrogen (secondary N) is 1. The van der Waals surface area contributed by atoms with Crippen LogP contribution in [0.25, 0.3) is 0 Å². The van der Waals surface area contributed by atoms with Crippen LogP contribution in [-0.2, 0) is 6.54 Å². The summed E-state index contributed by atoms with van der Waals surface area (Å²) in [6.07, 6.45) is 2.53. The van der Waals surface area contributed by atoms with E-state index in [1.54, 1.807) is 23.9 Å². The van der Waals surface area contributed by atoms with E-state index in [0.29, 0.717) is 11.1 Å². The van der Waals surface area contributed by atoms with Crippen molar-refractivity contribution in [2.24, 2.45) is 0 Å². The summed E-state index contributed by atoms with van der Waals surface area (Å²) >= 11 is 7.63. The first-order chi connectivity index (χ1) is 9.70. The maximum absolute atomic E-state index is 13.3. The second kappa shape index (κ2) is 6.17. The van der Waals surface area contributed by atoms with Crippen LogP contribution in [0.15, 0.2) is 52.3 Å². The normalized spacial score (nSPS) is 14.5. The number of rotatable bonds is 5. The van der Waals surface area contributed by atoms with Crippen molar-refractivity contribution in [3.63, 3.8) is 0 Å². The van der Waals surface area contributed by atoms with Crippen LogP contribution in [0.5, 0.6) is 0 Å². The highest BCUT2D eigenvalue weighted by Crippen LogP contribution is 2.33. The number of halogens is 2. The van der Waals surface area contributed by atoms with Gasteiger partial charge in [-0.15, -0.1) is 0 Å². The molecule has 3 rings (SSSR count). The quantitative estimate of drug-likeness (QED) is 0.844. The topological polar surface area (TPSA) is 12.0 Å². The molecule has 0 saturated heterocycles. The maximum Gasteiger partial charge on any atom is 0.124 e. The monoisotopic (exact) mass is 307 g/mol. The van der Waals surface area contributed by atoms with Gasteiger partial charge in [0, 0.05) is 27.4 Å². The lowest BCUT2D eigenvalue weighted by atomic mass is 10.2. The summed E-state index contributed by atoms with van der Waals surface area (Å²) in [6.45, 7) is 0.833. The lowest BCUT2D eigenvalue weighted by Crippen LogP contribution is -2.15. The van der Waals surface area contributed by atoms with Gasteiger partial charge in [-0.3, -0.25) is 0 Å². The minimum absolute atomic E-state index is 0.213. The Morgan fingerprint density at radius 3 is 2.80 bits per heavy atom. The molecule has 104 valence electrons. The third-order valence-corrected chi connectivity index (χ3v) is 4.54. The van der Waals surface area contributed by atoms with Crippen LogP contribution in [0.3, 0.4) is 0 Å². The van der Waals surface area contributed by atoms with Gasteiger partial charge in [0.2, 0.25) is 0 Å². The SMILES string of the molecule is Fc1cccc(Sc2cc(Cl)ccc2CNC2CC2)c1. The third kappa shape index (κ3) is 3.75. The molecule has 0 amide bonds. The number of hydrogen-bond donors (Lipinski definition) is 1. The van der Waals surface area contributed by atoms with Gasteiger partial charge in [0.1, 0.15) is 5.82 Å². The molecule has 1 nitrogen and oxygen atoms in total. The summed E-state index contributed by atoms with van der Waals surface area (Å²) in [6, 6.07) is 13.2. The van der Waals surface area contributed by atoms with Crippen LogP contribution in [0.4, 0.5) is 4.39 Å². The van der Waals surface area contributed by atoms with E-state index >= 15 is 0 Å². The Kier molecular flexibility index (Phi) is 4.29. The second-order valence-corrected chi connectivity index (χ2v) is 6.52. The van der Waals surface area contributed by atoms with Gasteiger partial charge in [0.15, 0.2) is 0 Å². The van der Waals surface area contributed by atoms with Crippen molar-refractivity contribution in [2.45, 2.75) is 35.2 Å². The van der Waals surface area contributed by atoms with E-state index in [1.165, 1.54) is 24.5 Å². The molecule has 1 saturated carbocycles. The molecule has 1 N–H and O–H groups in total. The molecule has 0 unspecified atom stereocenters. The van der Waals surface area contributed by atoms with Gasteiger partial charge in [0.05, 0.1) is 0 Å². The van der Waals surface area contributed by atoms with Crippen molar-refractivity contribution in [1.82, 2.24) is 5.32 Å². The molecule has 0 bridgehead atoms. The van der Waals surface area contributed by atoms with Crippen molar-refractivity contribution in [2.75, 3.05) is 0 Å². The minimum Gasteiger partial charge on any atom is -0.310 e. The van der Waals surface area contributed by atoms with Crippen LogP contribution >= 0.6 is 23.4 Å². The second-order valence-electron chi connectivity index (χ2n) is 4.97. The minimum atomic E-state index is -0.213. The van der Waals surface area contributed by atoms with Crippen LogP contribution in [0, 0.1) is 5.82 Å². The first-order valence-electron chi connectivity index (χ1n) is 6.66. The van der Waals surface area contributed by atoms with E-state index in [-0.39, 0.29) is 5.82 Å². The molecule has 1 fully saturated rings. The van der Waals surface area contributed by atoms with Gasteiger partial charge >= 0.3 is 0 Å². The molecule has 20 heavy (non-hydrogen) atoms. The Morgan fingerprint density at radius 1 is 1.20 bits per heavy atom. The van der Waals surface area contributed by atoms with Gasteiger partial charge in [-0.25, -0.2) is 4.39 Å². The van der Waals surface area contributed by atoms with Crippen LogP contribution in [0.1, 0.15) is 18.4 Å². The van der Waals surface area contributed by atoms with Gasteiger partial charge in [-0.05, 0) is 48.7 Å². The summed E-state index contributed by atoms with van der Waals surface area (Å²) < 4.78 is 13.3. The average molecular weight is 308 g/mol. The Balaban J connectivity index is 1.80. The fraction of sp³-hybridized carbons (Fsp3) is 0.250. The summed E-state index contributed by atoms with van der Waals surface area (Å²) in [5, 5.41) is 4.21. The molecule has 4 heteroatoms. The number of hydrogen-bond acceptors (Lipinski definition) is 2. The third-order valence-electron chi connectivity index (χ3n) is 3.21. The zero-order valence-corrected chi connectivity index (χ0v) is 12.5. The molecular formula is C16H15ClFNS. The fourth-order valence-corrected chi connectivity index (χ4v) is 3.23. The van der Waals surface area contributed by atoms with Crippen molar-refractivity contribution < 1.29 is 4.39 Å². The van der Waals surface area contributed by atoms with Gasteiger partial charge < -0.3 is 5.32 Å². The Morgan fingerprint density at radius 2 is 2.05 bits per heavy atom. The predicted octanol–water partition coefficient (Wildman–Crippen LogP) is 4.88. The van der Waals surface area contributed by atoms with E-state index in [2.05, 4.69) is 5.32 Å². The Labute approximate surface area is 127 Å². The molecular weight excluding hydrogens is 293 g/mol. The van der Waals surface area contributed by atoms with Gasteiger partial charge in [-0.1, -0.05) is 35.5 Å². The summed E-state index contributed by atoms with van der Waals surface area (Å²) in [5.41, 5.74) is 1.20. The smallest absolute Gasteiger partial charge is 0.124 e. The van der Waals surface area contributed by atoms with Gasteiger partial charge in [0.25, 0.3) is 0 Å². The predicted molar refractivity (Wildman–Crippen MR) is 81.8 cm³/mol. The lowest BCUT2D eigenvalue weighted by Gasteiger charge is -2.11. The zero-order chi connectivity index (χ0) is 13.9. The summed E-state index contributed by atoms with van der Waals surface area (Å²) in [4.78, 5) is 1.97. The van der Waals surface area contributed by atoms with E-state index in [1.807, 2.05) is 24.3 Å². The van der Waals surface area contributed by atoms with Crippen molar-refractivity contribution >= 4 is 23.4 Å². The van der Waals surface area contributed by atoms with Crippen LogP contribution in [0.2, 0.25) is 5.02 Å². The van der Waals surface area contributed by atoms with Crippen LogP contribution in [-0.4, -0.2) is 6.04 Å². The molecule has 0 radical (unpaired) electrons. The highest BCUT2D eigenvalue weighted by Gasteiger charge is 2.20. The standard InChI is InChI=1S/C16H15ClFNS/c17-12-5-4-11(10-19-14-6-7-14)16(8-12)20-15-3-1-2-13(18)9-15/h1-5,8-9,14,19H,6-7,10H2. The van der Waals surface area contributed by atoms with Crippen molar-refractivity contribution in [3.8, 4) is 0 Å². The van der Waals surface area contributed by atoms with Gasteiger partial charge in [-0.2, -0.15) is 0 Å². The van der Waals surface area contributed by atoms with E-state index < -0.39 is 0 Å². The molecule has 1 aliphatic carbocycles. The summed E-state index contributed by atoms with van der Waals surface area (Å²) in [7, 11) is 0. The van der Waals surface area contributed by atoms with E-state index in [9.17, 15) is 4.39 Å². The largest absolute Gasteiger partial charge is 0.310 e. The molecule has 1 aliphatic rings. The first-order valence-corrected chi connectivity index (χ1v) is 7.85. The molecule has 0 atom stereocenters. The van der Waals surface area contributed by atoms with Crippen molar-refractivity contribution in [3.05, 3.63) is 58.9 Å². The molecule has 0 aliphatic heterocycles. The maximum atomic E-state index is 13.3. The zero-order valence-electron chi connectivity index (χ0n) is 10.9. The Hall–Kier alpha value is -1.03. The molecule has 0 aromatic heterocycles. The first kappa shape index (κ1) is 13.9. The molecule has 0 spiro atoms. The van der Waals surface area contributed by atoms with E-state index in [0.717, 1.165) is 16.3 Å². The fourth-order valence-electron chi connectivity index (χ4n) is 1.97. The lowest BCUT2D eigenvalue weighted by molar-refractivity contribution is 0.624. The Bertz CT molecular complexity index is 613. The highest BCUT2D eigenvalue weighted by molar-refractivity contribution is 7.99. The molecule has 2 aromatic carbocycles. The average Bonchev–Trinajstić information content (AvgIpc) is 3.22.